The molecule has 184 valence electrons. The van der Waals surface area contributed by atoms with Gasteiger partial charge in [-0.05, 0) is 63.4 Å². The van der Waals surface area contributed by atoms with Crippen molar-refractivity contribution in [2.45, 2.75) is 12.8 Å². The summed E-state index contributed by atoms with van der Waals surface area (Å²) in [5.74, 6) is 0. The molecule has 0 spiro atoms. The molecule has 0 N–H and O–H groups in total. The summed E-state index contributed by atoms with van der Waals surface area (Å²) in [5, 5.41) is 49.9. The Morgan fingerprint density at radius 2 is 1.12 bits per heavy atom. The SMILES string of the molecule is [C-]#[N+]/C(C#N)=c1/c2c(/c(=C(\C#N)[N+]#[C-])c3c1-c1cc([N+]#[C-])c([N+]#[C-])c([N+]#[C-])c1C3)-c1cc(C#N)c(C#N)c(C#N)c1C2. The largest absolute Gasteiger partial charge is 0.269 e. The van der Waals surface area contributed by atoms with Crippen molar-refractivity contribution in [3.05, 3.63) is 119 Å². The van der Waals surface area contributed by atoms with Gasteiger partial charge >= 0.3 is 0 Å². The van der Waals surface area contributed by atoms with E-state index < -0.39 is 0 Å². The summed E-state index contributed by atoms with van der Waals surface area (Å²) in [4.78, 5) is 17.3. The molecule has 0 saturated heterocycles. The lowest BCUT2D eigenvalue weighted by Gasteiger charge is -2.14. The molecule has 0 fully saturated rings. The highest BCUT2D eigenvalue weighted by molar-refractivity contribution is 6.00. The second-order valence-corrected chi connectivity index (χ2v) is 8.95. The summed E-state index contributed by atoms with van der Waals surface area (Å²) in [6.07, 6.45) is -0.0974. The molecule has 0 unspecified atom stereocenters. The van der Waals surface area contributed by atoms with Crippen molar-refractivity contribution in [1.29, 1.82) is 26.3 Å². The lowest BCUT2D eigenvalue weighted by molar-refractivity contribution is 1.19. The average molecular weight is 530 g/mol. The number of nitrogens with zero attached hydrogens (tertiary/aromatic N) is 10. The van der Waals surface area contributed by atoms with E-state index in [2.05, 4.69) is 24.2 Å². The van der Waals surface area contributed by atoms with Crippen molar-refractivity contribution in [3.63, 3.8) is 0 Å². The molecule has 0 aliphatic heterocycles. The molecule has 2 aliphatic rings. The normalized spacial score (nSPS) is 12.1. The van der Waals surface area contributed by atoms with Crippen LogP contribution >= 0.6 is 0 Å². The quantitative estimate of drug-likeness (QED) is 0.253. The van der Waals surface area contributed by atoms with Gasteiger partial charge in [0.1, 0.15) is 18.2 Å². The summed E-state index contributed by atoms with van der Waals surface area (Å²) < 4.78 is 0. The van der Waals surface area contributed by atoms with E-state index in [0.717, 1.165) is 0 Å². The first-order valence-electron chi connectivity index (χ1n) is 11.7. The highest BCUT2D eigenvalue weighted by Crippen LogP contribution is 2.51. The Morgan fingerprint density at radius 1 is 0.595 bits per heavy atom. The molecule has 10 heteroatoms. The van der Waals surface area contributed by atoms with Crippen LogP contribution in [0.5, 0.6) is 0 Å². The van der Waals surface area contributed by atoms with Crippen LogP contribution in [-0.4, -0.2) is 0 Å². The molecule has 0 heterocycles. The number of benzene rings is 3. The van der Waals surface area contributed by atoms with Gasteiger partial charge in [0.05, 0.1) is 61.7 Å². The first-order valence-corrected chi connectivity index (χ1v) is 11.7. The van der Waals surface area contributed by atoms with E-state index in [9.17, 15) is 26.3 Å². The Morgan fingerprint density at radius 3 is 1.55 bits per heavy atom. The number of hydrogen-bond acceptors (Lipinski definition) is 5. The molecule has 0 radical (unpaired) electrons. The van der Waals surface area contributed by atoms with E-state index in [1.807, 2.05) is 30.3 Å². The highest BCUT2D eigenvalue weighted by Gasteiger charge is 2.35. The Bertz CT molecular complexity index is 2250. The second kappa shape index (κ2) is 9.55. The topological polar surface area (TPSA) is 141 Å². The van der Waals surface area contributed by atoms with Crippen LogP contribution in [0, 0.1) is 89.5 Å². The van der Waals surface area contributed by atoms with Gasteiger partial charge in [0, 0.05) is 10.4 Å². The minimum Gasteiger partial charge on any atom is -0.262 e. The standard InChI is InChI=1S/C32H6N10/c1-38-24-9-18-19(31(41-4)32(24)42-5)8-21-28(18)29(25(13-36)39-2)20-7-16-17(27(20)30(21)26(14-37)40-3)6-15(10-33)22(11-34)23(16)12-35/h6,9H,7-8H2/b29-25-,30-26+. The third-order valence-corrected chi connectivity index (χ3v) is 7.34. The predicted octanol–water partition coefficient (Wildman–Crippen LogP) is 5.20. The minimum atomic E-state index is -0.336. The van der Waals surface area contributed by atoms with Crippen molar-refractivity contribution in [3.8, 4) is 52.6 Å². The number of nitriles is 5. The van der Waals surface area contributed by atoms with Gasteiger partial charge in [0.15, 0.2) is 11.4 Å². The van der Waals surface area contributed by atoms with E-state index in [1.165, 1.54) is 12.1 Å². The van der Waals surface area contributed by atoms with Gasteiger partial charge in [-0.2, -0.15) is 15.8 Å². The number of hydrogen-bond donors (Lipinski definition) is 0. The van der Waals surface area contributed by atoms with E-state index >= 15 is 0 Å². The van der Waals surface area contributed by atoms with E-state index in [-0.39, 0.29) is 74.0 Å². The lowest BCUT2D eigenvalue weighted by Crippen LogP contribution is -2.25. The molecule has 10 nitrogen and oxygen atoms in total. The Labute approximate surface area is 238 Å². The summed E-state index contributed by atoms with van der Waals surface area (Å²) in [6.45, 7) is 38.6. The van der Waals surface area contributed by atoms with E-state index in [1.54, 1.807) is 0 Å². The van der Waals surface area contributed by atoms with Gasteiger partial charge in [-0.3, -0.25) is 14.5 Å². The Kier molecular flexibility index (Phi) is 5.90. The van der Waals surface area contributed by atoms with Crippen molar-refractivity contribution in [2.75, 3.05) is 0 Å². The fourth-order valence-electron chi connectivity index (χ4n) is 5.81. The molecule has 0 aromatic heterocycles. The van der Waals surface area contributed by atoms with Crippen molar-refractivity contribution in [2.24, 2.45) is 0 Å². The third-order valence-electron chi connectivity index (χ3n) is 7.34. The molecule has 42 heavy (non-hydrogen) atoms. The van der Waals surface area contributed by atoms with E-state index in [4.69, 9.17) is 32.9 Å². The summed E-state index contributed by atoms with van der Waals surface area (Å²) in [7, 11) is 0. The maximum Gasteiger partial charge on any atom is 0.269 e. The van der Waals surface area contributed by atoms with Crippen LogP contribution < -0.4 is 10.4 Å². The zero-order valence-corrected chi connectivity index (χ0v) is 21.0. The fourth-order valence-corrected chi connectivity index (χ4v) is 5.81. The van der Waals surface area contributed by atoms with Crippen molar-refractivity contribution < 1.29 is 0 Å². The maximum absolute atomic E-state index is 10.0. The zero-order valence-electron chi connectivity index (χ0n) is 21.0. The van der Waals surface area contributed by atoms with Crippen molar-refractivity contribution in [1.82, 2.24) is 0 Å². The van der Waals surface area contributed by atoms with Crippen LogP contribution in [0.25, 0.3) is 57.9 Å². The third kappa shape index (κ3) is 3.15. The number of rotatable bonds is 0. The summed E-state index contributed by atoms with van der Waals surface area (Å²) >= 11 is 0. The van der Waals surface area contributed by atoms with E-state index in [0.29, 0.717) is 38.9 Å². The fraction of sp³-hybridized carbons (Fsp3) is 0.0625. The lowest BCUT2D eigenvalue weighted by atomic mass is 9.89. The van der Waals surface area contributed by atoms with Crippen LogP contribution in [0.1, 0.15) is 38.9 Å². The second-order valence-electron chi connectivity index (χ2n) is 8.95. The molecular weight excluding hydrogens is 524 g/mol. The molecule has 0 saturated carbocycles. The first-order chi connectivity index (χ1) is 20.4. The van der Waals surface area contributed by atoms with Gasteiger partial charge in [0.25, 0.3) is 11.4 Å². The predicted molar refractivity (Wildman–Crippen MR) is 146 cm³/mol. The van der Waals surface area contributed by atoms with Crippen LogP contribution in [0.15, 0.2) is 12.1 Å². The minimum absolute atomic E-state index is 0.0436. The maximum atomic E-state index is 10.0. The molecule has 0 bridgehead atoms. The average Bonchev–Trinajstić information content (AvgIpc) is 3.59. The molecule has 5 rings (SSSR count). The number of fused-ring (bicyclic) bond motifs is 6. The van der Waals surface area contributed by atoms with Gasteiger partial charge in [-0.15, -0.1) is 0 Å². The Hall–Kier alpha value is -7.70. The molecule has 3 aromatic rings. The molecule has 0 atom stereocenters. The van der Waals surface area contributed by atoms with Gasteiger partial charge in [0.2, 0.25) is 5.69 Å². The van der Waals surface area contributed by atoms with Crippen LogP contribution in [0.4, 0.5) is 17.1 Å². The smallest absolute Gasteiger partial charge is 0.262 e. The van der Waals surface area contributed by atoms with Crippen molar-refractivity contribution >= 4 is 28.5 Å². The molecule has 3 aromatic carbocycles. The summed E-state index contributed by atoms with van der Waals surface area (Å²) in [6, 6.07) is 12.5. The van der Waals surface area contributed by atoms with Gasteiger partial charge in [-0.1, -0.05) is 6.07 Å². The van der Waals surface area contributed by atoms with Crippen LogP contribution in [-0.2, 0) is 12.8 Å². The molecule has 2 aliphatic carbocycles. The van der Waals surface area contributed by atoms with Crippen LogP contribution in [0.3, 0.4) is 0 Å². The van der Waals surface area contributed by atoms with Gasteiger partial charge < -0.3 is 0 Å². The Balaban J connectivity index is 2.18. The zero-order chi connectivity index (χ0) is 30.3. The molecule has 0 amide bonds. The van der Waals surface area contributed by atoms with Gasteiger partial charge in [-0.25, -0.2) is 20.2 Å². The van der Waals surface area contributed by atoms with Crippen LogP contribution in [0.2, 0.25) is 0 Å². The molecular formula is C32H6N10. The first kappa shape index (κ1) is 25.9. The highest BCUT2D eigenvalue weighted by atomic mass is 14.8. The summed E-state index contributed by atoms with van der Waals surface area (Å²) in [5.41, 5.74) is 1.38. The monoisotopic (exact) mass is 530 g/mol.